The number of nitrogens with one attached hydrogen (secondary N) is 1. The number of carbonyl (C=O) groups excluding carboxylic acids is 3. The van der Waals surface area contributed by atoms with Gasteiger partial charge in [-0.1, -0.05) is 45.8 Å². The third kappa shape index (κ3) is 2.35. The summed E-state index contributed by atoms with van der Waals surface area (Å²) in [7, 11) is 1.67. The highest BCUT2D eigenvalue weighted by molar-refractivity contribution is 9.10. The fourth-order valence-electron chi connectivity index (χ4n) is 5.19. The van der Waals surface area contributed by atoms with Crippen LogP contribution in [0.2, 0.25) is 0 Å². The second-order valence-electron chi connectivity index (χ2n) is 8.18. The van der Waals surface area contributed by atoms with Gasteiger partial charge >= 0.3 is 11.9 Å². The number of amides is 1. The predicted molar refractivity (Wildman–Crippen MR) is 124 cm³/mol. The maximum absolute atomic E-state index is 13.9. The number of halogens is 1. The summed E-state index contributed by atoms with van der Waals surface area (Å²) in [6, 6.07) is 10.8. The van der Waals surface area contributed by atoms with E-state index in [-0.39, 0.29) is 23.3 Å². The number of hydrogen-bond donors (Lipinski definition) is 1. The van der Waals surface area contributed by atoms with Gasteiger partial charge in [-0.15, -0.1) is 0 Å². The van der Waals surface area contributed by atoms with Crippen LogP contribution in [0.4, 0.5) is 5.69 Å². The van der Waals surface area contributed by atoms with Gasteiger partial charge in [0.15, 0.2) is 5.54 Å². The summed E-state index contributed by atoms with van der Waals surface area (Å²) in [5, 5.41) is 3.13. The van der Waals surface area contributed by atoms with Crippen LogP contribution in [-0.4, -0.2) is 36.5 Å². The molecular formula is C23H19BrN2O5S. The zero-order chi connectivity index (χ0) is 23.0. The lowest BCUT2D eigenvalue weighted by atomic mass is 9.63. The third-order valence-corrected chi connectivity index (χ3v) is 7.44. The molecule has 3 heterocycles. The molecule has 0 aliphatic carbocycles. The van der Waals surface area contributed by atoms with Crippen LogP contribution >= 0.6 is 28.1 Å². The van der Waals surface area contributed by atoms with Gasteiger partial charge in [0.05, 0.1) is 12.5 Å². The van der Waals surface area contributed by atoms with E-state index < -0.39 is 28.8 Å². The Morgan fingerprint density at radius 1 is 1.28 bits per heavy atom. The highest BCUT2D eigenvalue weighted by Gasteiger charge is 2.77. The van der Waals surface area contributed by atoms with Gasteiger partial charge in [0.1, 0.15) is 10.7 Å². The molecule has 1 N–H and O–H groups in total. The summed E-state index contributed by atoms with van der Waals surface area (Å²) in [5.74, 6) is -2.69. The first-order valence-corrected chi connectivity index (χ1v) is 11.3. The van der Waals surface area contributed by atoms with Gasteiger partial charge in [0.25, 0.3) is 5.91 Å². The van der Waals surface area contributed by atoms with E-state index in [1.54, 1.807) is 32.2 Å². The number of likely N-dealkylation sites (N-methyl/N-ethyl adjacent to an activating group) is 1. The minimum Gasteiger partial charge on any atom is -0.465 e. The molecule has 0 radical (unpaired) electrons. The summed E-state index contributed by atoms with van der Waals surface area (Å²) < 4.78 is 11.7. The van der Waals surface area contributed by atoms with Crippen LogP contribution in [0.5, 0.6) is 5.75 Å². The van der Waals surface area contributed by atoms with Gasteiger partial charge < -0.3 is 19.7 Å². The molecule has 2 aromatic carbocycles. The van der Waals surface area contributed by atoms with E-state index in [1.165, 1.54) is 4.90 Å². The lowest BCUT2D eigenvalue weighted by molar-refractivity contribution is -0.164. The van der Waals surface area contributed by atoms with Crippen molar-refractivity contribution in [1.29, 1.82) is 0 Å². The number of rotatable bonds is 2. The maximum atomic E-state index is 13.9. The Balaban J connectivity index is 1.90. The van der Waals surface area contributed by atoms with Crippen molar-refractivity contribution in [3.63, 3.8) is 0 Å². The SMILES string of the molecule is CCOC(=O)[C@]12C(=O)Oc3ccc(Br)cc3[C@H]1[C@]1(NC2=S)C(=O)N(C)c2ccc(C)cc21. The maximum Gasteiger partial charge on any atom is 0.336 e. The molecule has 164 valence electrons. The van der Waals surface area contributed by atoms with Crippen LogP contribution in [0, 0.1) is 12.3 Å². The molecule has 2 aromatic rings. The Morgan fingerprint density at radius 3 is 2.75 bits per heavy atom. The Labute approximate surface area is 198 Å². The zero-order valence-electron chi connectivity index (χ0n) is 17.5. The van der Waals surface area contributed by atoms with E-state index in [0.29, 0.717) is 21.3 Å². The average molecular weight is 515 g/mol. The van der Waals surface area contributed by atoms with Crippen molar-refractivity contribution in [2.75, 3.05) is 18.6 Å². The summed E-state index contributed by atoms with van der Waals surface area (Å²) in [6.45, 7) is 3.62. The molecule has 1 saturated heterocycles. The van der Waals surface area contributed by atoms with Crippen molar-refractivity contribution in [2.45, 2.75) is 25.3 Å². The van der Waals surface area contributed by atoms with Crippen molar-refractivity contribution < 1.29 is 23.9 Å². The van der Waals surface area contributed by atoms with E-state index in [4.69, 9.17) is 21.7 Å². The zero-order valence-corrected chi connectivity index (χ0v) is 19.9. The van der Waals surface area contributed by atoms with Crippen molar-refractivity contribution >= 4 is 56.7 Å². The van der Waals surface area contributed by atoms with Gasteiger partial charge in [-0.3, -0.25) is 9.59 Å². The van der Waals surface area contributed by atoms with Crippen LogP contribution in [0.3, 0.4) is 0 Å². The molecule has 0 unspecified atom stereocenters. The highest BCUT2D eigenvalue weighted by atomic mass is 79.9. The van der Waals surface area contributed by atoms with Gasteiger partial charge in [-0.2, -0.15) is 0 Å². The highest BCUT2D eigenvalue weighted by Crippen LogP contribution is 2.63. The first-order valence-electron chi connectivity index (χ1n) is 10.1. The van der Waals surface area contributed by atoms with Gasteiger partial charge in [-0.05, 0) is 38.1 Å². The Hall–Kier alpha value is -2.78. The average Bonchev–Trinajstić information content (AvgIpc) is 3.15. The van der Waals surface area contributed by atoms with Gasteiger partial charge in [0, 0.05) is 28.3 Å². The van der Waals surface area contributed by atoms with Crippen molar-refractivity contribution in [3.05, 3.63) is 57.6 Å². The summed E-state index contributed by atoms with van der Waals surface area (Å²) in [4.78, 5) is 42.3. The number of aryl methyl sites for hydroxylation is 1. The first-order chi connectivity index (χ1) is 15.2. The number of anilines is 1. The Kier molecular flexibility index (Phi) is 4.52. The van der Waals surface area contributed by atoms with E-state index in [9.17, 15) is 14.4 Å². The molecule has 3 aliphatic heterocycles. The fourth-order valence-corrected chi connectivity index (χ4v) is 6.01. The molecule has 0 aromatic heterocycles. The molecular weight excluding hydrogens is 496 g/mol. The van der Waals surface area contributed by atoms with E-state index in [1.807, 2.05) is 25.1 Å². The van der Waals surface area contributed by atoms with E-state index >= 15 is 0 Å². The molecule has 9 heteroatoms. The number of benzene rings is 2. The quantitative estimate of drug-likeness (QED) is 0.285. The Bertz CT molecular complexity index is 1250. The largest absolute Gasteiger partial charge is 0.465 e. The third-order valence-electron chi connectivity index (χ3n) is 6.52. The minimum atomic E-state index is -1.99. The second kappa shape index (κ2) is 6.86. The van der Waals surface area contributed by atoms with Crippen LogP contribution in [0.15, 0.2) is 40.9 Å². The number of hydrogen-bond acceptors (Lipinski definition) is 6. The molecule has 0 saturated carbocycles. The molecule has 1 spiro atoms. The fraction of sp³-hybridized carbons (Fsp3) is 0.304. The normalized spacial score (nSPS) is 27.6. The second-order valence-corrected chi connectivity index (χ2v) is 9.50. The molecule has 3 aliphatic rings. The molecule has 5 rings (SSSR count). The number of fused-ring (bicyclic) bond motifs is 6. The number of ether oxygens (including phenoxy) is 2. The standard InChI is InChI=1S/C23H19BrN2O5S/c1-4-30-20(28)22-17(13-10-12(24)6-8-16(13)31-21(22)29)23(25-18(22)32)14-9-11(2)5-7-15(14)26(3)19(23)27/h5-10,17H,4H2,1-3H3,(H,25,32)/t17-,22+,23+/m1/s1. The smallest absolute Gasteiger partial charge is 0.336 e. The van der Waals surface area contributed by atoms with Crippen molar-refractivity contribution in [3.8, 4) is 5.75 Å². The summed E-state index contributed by atoms with van der Waals surface area (Å²) in [6.07, 6.45) is 0. The number of thiocarbonyl (C=S) groups is 1. The molecule has 32 heavy (non-hydrogen) atoms. The molecule has 3 atom stereocenters. The van der Waals surface area contributed by atoms with Gasteiger partial charge in [-0.25, -0.2) is 4.79 Å². The van der Waals surface area contributed by atoms with Crippen LogP contribution < -0.4 is 15.0 Å². The summed E-state index contributed by atoms with van der Waals surface area (Å²) >= 11 is 9.09. The van der Waals surface area contributed by atoms with Gasteiger partial charge in [0.2, 0.25) is 5.41 Å². The van der Waals surface area contributed by atoms with Crippen molar-refractivity contribution in [1.82, 2.24) is 5.32 Å². The number of carbonyl (C=O) groups is 3. The lowest BCUT2D eigenvalue weighted by Crippen LogP contribution is -2.55. The molecule has 0 bridgehead atoms. The first kappa shape index (κ1) is 21.1. The molecule has 7 nitrogen and oxygen atoms in total. The topological polar surface area (TPSA) is 84.9 Å². The van der Waals surface area contributed by atoms with E-state index in [2.05, 4.69) is 21.2 Å². The predicted octanol–water partition coefficient (Wildman–Crippen LogP) is 3.11. The van der Waals surface area contributed by atoms with Crippen LogP contribution in [-0.2, 0) is 24.7 Å². The monoisotopic (exact) mass is 514 g/mol. The summed E-state index contributed by atoms with van der Waals surface area (Å²) in [5.41, 5.74) is -0.651. The van der Waals surface area contributed by atoms with Crippen LogP contribution in [0.25, 0.3) is 0 Å². The number of nitrogens with zero attached hydrogens (tertiary/aromatic N) is 1. The molecule has 1 fully saturated rings. The van der Waals surface area contributed by atoms with Crippen LogP contribution in [0.1, 0.15) is 29.5 Å². The number of esters is 2. The van der Waals surface area contributed by atoms with Crippen molar-refractivity contribution in [2.24, 2.45) is 5.41 Å². The van der Waals surface area contributed by atoms with E-state index in [0.717, 1.165) is 5.56 Å². The molecule has 1 amide bonds. The lowest BCUT2D eigenvalue weighted by Gasteiger charge is -2.39. The minimum absolute atomic E-state index is 0.0467. The Morgan fingerprint density at radius 2 is 2.03 bits per heavy atom.